The van der Waals surface area contributed by atoms with Gasteiger partial charge in [-0.1, -0.05) is 0 Å². The molecule has 0 bridgehead atoms. The Hall–Kier alpha value is -1.30. The van der Waals surface area contributed by atoms with Gasteiger partial charge in [0, 0.05) is 18.2 Å². The Bertz CT molecular complexity index is 1140. The zero-order valence-electron chi connectivity index (χ0n) is 19.4. The summed E-state index contributed by atoms with van der Waals surface area (Å²) in [6.07, 6.45) is -8.06. The highest BCUT2D eigenvalue weighted by Crippen LogP contribution is 2.61. The van der Waals surface area contributed by atoms with E-state index in [0.29, 0.717) is 0 Å². The molecule has 3 rings (SSSR count). The Morgan fingerprint density at radius 3 is 2.47 bits per heavy atom. The zero-order valence-corrected chi connectivity index (χ0v) is 21.2. The van der Waals surface area contributed by atoms with E-state index in [1.807, 2.05) is 0 Å². The Balaban J connectivity index is 1.59. The van der Waals surface area contributed by atoms with Crippen LogP contribution in [-0.2, 0) is 32.0 Å². The molecule has 7 N–H and O–H groups in total. The largest absolute Gasteiger partial charge is 0.483 e. The molecule has 2 unspecified atom stereocenters. The fraction of sp³-hybridized carbons (Fsp3) is 0.765. The maximum absolute atomic E-state index is 12.3. The molecule has 3 heterocycles. The molecule has 2 saturated heterocycles. The number of phosphoric ester groups is 2. The maximum Gasteiger partial charge on any atom is 0.483 e. The van der Waals surface area contributed by atoms with Crippen molar-refractivity contribution in [1.82, 2.24) is 14.9 Å². The van der Waals surface area contributed by atoms with Gasteiger partial charge < -0.3 is 39.9 Å². The molecule has 0 aliphatic carbocycles. The van der Waals surface area contributed by atoms with E-state index in [-0.39, 0.29) is 12.0 Å². The highest BCUT2D eigenvalue weighted by Gasteiger charge is 2.47. The summed E-state index contributed by atoms with van der Waals surface area (Å²) in [5, 5.41) is 33.0. The molecule has 0 amide bonds. The zero-order chi connectivity index (χ0) is 27.0. The molecule has 0 spiro atoms. The van der Waals surface area contributed by atoms with Crippen molar-refractivity contribution in [3.63, 3.8) is 0 Å². The Kier molecular flexibility index (Phi) is 9.11. The average molecular weight is 561 g/mol. The van der Waals surface area contributed by atoms with Gasteiger partial charge >= 0.3 is 21.3 Å². The molecule has 1 aromatic heterocycles. The SMILES string of the molecule is CN[C@H]1[C@@H](O)[C@@H](C)O[C@H](OP(=O)(O)OP(=O)(O)OC[C@H]2O[C@@H](n3cc(C)c(=O)[nH]c3=O)C[C@@H]2O)[C@@H]1O. The monoisotopic (exact) mass is 561 g/mol. The summed E-state index contributed by atoms with van der Waals surface area (Å²) in [4.78, 5) is 45.4. The number of aromatic amines is 1. The van der Waals surface area contributed by atoms with E-state index in [0.717, 1.165) is 4.57 Å². The van der Waals surface area contributed by atoms with E-state index in [2.05, 4.69) is 23.7 Å². The summed E-state index contributed by atoms with van der Waals surface area (Å²) in [6, 6.07) is -1.01. The van der Waals surface area contributed by atoms with E-state index in [9.17, 15) is 43.8 Å². The molecule has 2 aliphatic heterocycles. The molecule has 19 heteroatoms. The molecular formula is C17H29N3O14P2. The van der Waals surface area contributed by atoms with E-state index in [1.165, 1.54) is 27.1 Å². The molecule has 206 valence electrons. The first-order chi connectivity index (χ1) is 16.6. The van der Waals surface area contributed by atoms with Gasteiger partial charge in [-0.3, -0.25) is 23.4 Å². The third-order valence-electron chi connectivity index (χ3n) is 5.68. The van der Waals surface area contributed by atoms with Crippen LogP contribution in [0.4, 0.5) is 0 Å². The van der Waals surface area contributed by atoms with Crippen LogP contribution < -0.4 is 16.6 Å². The second kappa shape index (κ2) is 11.2. The predicted molar refractivity (Wildman–Crippen MR) is 118 cm³/mol. The number of likely N-dealkylation sites (N-methyl/N-ethyl adjacent to an activating group) is 1. The number of aryl methyl sites for hydroxylation is 1. The molecule has 10 atom stereocenters. The summed E-state index contributed by atoms with van der Waals surface area (Å²) in [6.45, 7) is 2.06. The fourth-order valence-corrected chi connectivity index (χ4v) is 5.93. The van der Waals surface area contributed by atoms with E-state index in [1.54, 1.807) is 0 Å². The standard InChI is InChI=1S/C17H29N3O14P2/c1-7-5-20(17(25)19-15(7)24)11-4-9(21)10(32-11)6-30-35(26,27)34-36(28,29)33-16-14(23)12(18-3)13(22)8(2)31-16/h5,8-14,16,18,21-23H,4,6H2,1-3H3,(H,26,27)(H,28,29)(H,19,24,25)/t8-,9+,10-,11-,12+,13+,14-,16-/m1/s1. The molecule has 2 fully saturated rings. The summed E-state index contributed by atoms with van der Waals surface area (Å²) in [7, 11) is -9.25. The summed E-state index contributed by atoms with van der Waals surface area (Å²) < 4.78 is 49.8. The van der Waals surface area contributed by atoms with Gasteiger partial charge in [0.25, 0.3) is 5.56 Å². The molecule has 0 radical (unpaired) electrons. The number of nitrogens with one attached hydrogen (secondary N) is 2. The first-order valence-corrected chi connectivity index (χ1v) is 13.7. The van der Waals surface area contributed by atoms with Crippen LogP contribution in [0, 0.1) is 6.92 Å². The van der Waals surface area contributed by atoms with Gasteiger partial charge in [0.15, 0.2) is 6.29 Å². The van der Waals surface area contributed by atoms with Crippen LogP contribution in [0.1, 0.15) is 25.1 Å². The quantitative estimate of drug-likeness (QED) is 0.158. The third kappa shape index (κ3) is 6.76. The van der Waals surface area contributed by atoms with Crippen LogP contribution in [0.15, 0.2) is 15.8 Å². The minimum absolute atomic E-state index is 0.134. The number of phosphoric acid groups is 2. The number of hydrogen-bond donors (Lipinski definition) is 7. The number of aliphatic hydroxyl groups excluding tert-OH is 3. The molecule has 2 aliphatic rings. The molecule has 17 nitrogen and oxygen atoms in total. The van der Waals surface area contributed by atoms with Gasteiger partial charge in [0.1, 0.15) is 18.4 Å². The van der Waals surface area contributed by atoms with Gasteiger partial charge in [0.2, 0.25) is 0 Å². The summed E-state index contributed by atoms with van der Waals surface area (Å²) in [5.41, 5.74) is -1.19. The first-order valence-electron chi connectivity index (χ1n) is 10.7. The van der Waals surface area contributed by atoms with Crippen molar-refractivity contribution in [2.45, 2.75) is 69.3 Å². The number of nitrogens with zero attached hydrogens (tertiary/aromatic N) is 1. The lowest BCUT2D eigenvalue weighted by Gasteiger charge is -2.41. The van der Waals surface area contributed by atoms with Gasteiger partial charge in [-0.15, -0.1) is 0 Å². The maximum atomic E-state index is 12.3. The molecule has 36 heavy (non-hydrogen) atoms. The van der Waals surface area contributed by atoms with Gasteiger partial charge in [-0.2, -0.15) is 4.31 Å². The van der Waals surface area contributed by atoms with Crippen LogP contribution in [0.5, 0.6) is 0 Å². The smallest absolute Gasteiger partial charge is 0.390 e. The molecule has 0 saturated carbocycles. The minimum atomic E-state index is -5.37. The average Bonchev–Trinajstić information content (AvgIpc) is 3.13. The molecular weight excluding hydrogens is 532 g/mol. The number of aliphatic hydroxyl groups is 3. The van der Waals surface area contributed by atoms with E-state index in [4.69, 9.17) is 9.47 Å². The highest BCUT2D eigenvalue weighted by molar-refractivity contribution is 7.61. The van der Waals surface area contributed by atoms with Gasteiger partial charge in [-0.05, 0) is 20.9 Å². The van der Waals surface area contributed by atoms with E-state index >= 15 is 0 Å². The lowest BCUT2D eigenvalue weighted by Crippen LogP contribution is -2.61. The second-order valence-corrected chi connectivity index (χ2v) is 11.3. The molecule has 0 aromatic carbocycles. The van der Waals surface area contributed by atoms with E-state index < -0.39 is 82.6 Å². The number of H-pyrrole nitrogens is 1. The predicted octanol–water partition coefficient (Wildman–Crippen LogP) is -2.20. The number of rotatable bonds is 9. The molecule has 1 aromatic rings. The number of ether oxygens (including phenoxy) is 2. The van der Waals surface area contributed by atoms with Crippen molar-refractivity contribution in [1.29, 1.82) is 0 Å². The van der Waals surface area contributed by atoms with Gasteiger partial charge in [-0.25, -0.2) is 13.9 Å². The summed E-state index contributed by atoms with van der Waals surface area (Å²) >= 11 is 0. The fourth-order valence-electron chi connectivity index (χ4n) is 3.77. The van der Waals surface area contributed by atoms with Crippen LogP contribution in [0.2, 0.25) is 0 Å². The Morgan fingerprint density at radius 1 is 1.17 bits per heavy atom. The number of hydrogen-bond acceptors (Lipinski definition) is 13. The lowest BCUT2D eigenvalue weighted by molar-refractivity contribution is -0.244. The summed E-state index contributed by atoms with van der Waals surface area (Å²) in [5.74, 6) is 0. The second-order valence-electron chi connectivity index (χ2n) is 8.34. The first kappa shape index (κ1) is 29.3. The van der Waals surface area contributed by atoms with Crippen LogP contribution in [0.25, 0.3) is 0 Å². The third-order valence-corrected chi connectivity index (χ3v) is 8.28. The van der Waals surface area contributed by atoms with Crippen LogP contribution in [-0.4, -0.2) is 91.2 Å². The van der Waals surface area contributed by atoms with Gasteiger partial charge in [0.05, 0.1) is 31.0 Å². The van der Waals surface area contributed by atoms with Crippen LogP contribution in [0.3, 0.4) is 0 Å². The number of aromatic nitrogens is 2. The van der Waals surface area contributed by atoms with Crippen molar-refractivity contribution in [2.75, 3.05) is 13.7 Å². The van der Waals surface area contributed by atoms with Crippen molar-refractivity contribution in [2.24, 2.45) is 0 Å². The Labute approximate surface area is 203 Å². The lowest BCUT2D eigenvalue weighted by atomic mass is 9.97. The highest BCUT2D eigenvalue weighted by atomic mass is 31.3. The van der Waals surface area contributed by atoms with Crippen molar-refractivity contribution >= 4 is 15.6 Å². The normalized spacial score (nSPS) is 36.3. The van der Waals surface area contributed by atoms with Crippen molar-refractivity contribution in [3.05, 3.63) is 32.6 Å². The Morgan fingerprint density at radius 2 is 1.83 bits per heavy atom. The topological polar surface area (TPSA) is 248 Å². The van der Waals surface area contributed by atoms with Crippen molar-refractivity contribution < 1.29 is 57.1 Å². The van der Waals surface area contributed by atoms with Crippen molar-refractivity contribution in [3.8, 4) is 0 Å². The van der Waals surface area contributed by atoms with Crippen LogP contribution >= 0.6 is 15.6 Å². The minimum Gasteiger partial charge on any atom is -0.390 e.